The second-order valence-corrected chi connectivity index (χ2v) is 4.69. The van der Waals surface area contributed by atoms with Gasteiger partial charge in [-0.05, 0) is 23.1 Å². The van der Waals surface area contributed by atoms with Crippen molar-refractivity contribution in [2.75, 3.05) is 0 Å². The summed E-state index contributed by atoms with van der Waals surface area (Å²) < 4.78 is 0. The largest absolute Gasteiger partial charge is 0.360 e. The summed E-state index contributed by atoms with van der Waals surface area (Å²) in [4.78, 5) is 0. The minimum Gasteiger partial charge on any atom is -0.360 e. The highest BCUT2D eigenvalue weighted by molar-refractivity contribution is 8.03. The second kappa shape index (κ2) is 4.03. The summed E-state index contributed by atoms with van der Waals surface area (Å²) >= 11 is 13.3. The van der Waals surface area contributed by atoms with Gasteiger partial charge in [-0.15, -0.1) is 0 Å². The molecule has 0 amide bonds. The van der Waals surface area contributed by atoms with Crippen molar-refractivity contribution in [2.24, 2.45) is 5.73 Å². The van der Waals surface area contributed by atoms with Gasteiger partial charge in [0, 0.05) is 5.70 Å². The highest BCUT2D eigenvalue weighted by Crippen LogP contribution is 2.29. The molecule has 1 atom stereocenters. The normalized spacial score (nSPS) is 20.5. The Morgan fingerprint density at radius 2 is 2.07 bits per heavy atom. The predicted octanol–water partition coefficient (Wildman–Crippen LogP) is 2.87. The first kappa shape index (κ1) is 10.2. The molecule has 5 heteroatoms. The van der Waals surface area contributed by atoms with E-state index in [2.05, 4.69) is 5.32 Å². The monoisotopic (exact) mass is 246 g/mol. The fourth-order valence-electron chi connectivity index (χ4n) is 1.18. The molecule has 2 nitrogen and oxygen atoms in total. The lowest BCUT2D eigenvalue weighted by molar-refractivity contribution is 0.853. The fourth-order valence-corrected chi connectivity index (χ4v) is 2.16. The Hall–Kier alpha value is -0.350. The lowest BCUT2D eigenvalue weighted by Crippen LogP contribution is -2.28. The molecule has 1 unspecified atom stereocenters. The van der Waals surface area contributed by atoms with Gasteiger partial charge in [-0.3, -0.25) is 0 Å². The predicted molar refractivity (Wildman–Crippen MR) is 63.1 cm³/mol. The van der Waals surface area contributed by atoms with E-state index in [9.17, 15) is 0 Å². The van der Waals surface area contributed by atoms with E-state index in [1.165, 1.54) is 11.8 Å². The molecule has 0 bridgehead atoms. The van der Waals surface area contributed by atoms with Crippen molar-refractivity contribution in [3.8, 4) is 0 Å². The van der Waals surface area contributed by atoms with Crippen molar-refractivity contribution in [3.63, 3.8) is 0 Å². The number of halogens is 2. The lowest BCUT2D eigenvalue weighted by Gasteiger charge is -2.08. The molecule has 0 aliphatic carbocycles. The fraction of sp³-hybridized carbons (Fsp3) is 0.111. The molecule has 0 spiro atoms. The first-order valence-corrected chi connectivity index (χ1v) is 5.70. The zero-order valence-electron chi connectivity index (χ0n) is 7.13. The van der Waals surface area contributed by atoms with E-state index in [-0.39, 0.29) is 5.50 Å². The molecular formula is C9H8Cl2N2S. The number of rotatable bonds is 1. The van der Waals surface area contributed by atoms with Crippen LogP contribution in [-0.2, 0) is 0 Å². The third-order valence-electron chi connectivity index (χ3n) is 1.86. The lowest BCUT2D eigenvalue weighted by atomic mass is 10.2. The van der Waals surface area contributed by atoms with E-state index in [1.807, 2.05) is 17.5 Å². The van der Waals surface area contributed by atoms with Gasteiger partial charge >= 0.3 is 0 Å². The van der Waals surface area contributed by atoms with Crippen LogP contribution in [0.2, 0.25) is 10.0 Å². The van der Waals surface area contributed by atoms with Crippen molar-refractivity contribution in [1.82, 2.24) is 5.32 Å². The summed E-state index contributed by atoms with van der Waals surface area (Å²) in [5, 5.41) is 6.21. The molecule has 0 saturated carbocycles. The summed E-state index contributed by atoms with van der Waals surface area (Å²) in [6, 6.07) is 5.50. The van der Waals surface area contributed by atoms with E-state index in [0.29, 0.717) is 10.0 Å². The Bertz CT molecular complexity index is 392. The second-order valence-electron chi connectivity index (χ2n) is 2.86. The smallest absolute Gasteiger partial charge is 0.127 e. The number of hydrogen-bond donors (Lipinski definition) is 2. The molecule has 74 valence electrons. The zero-order chi connectivity index (χ0) is 10.1. The minimum absolute atomic E-state index is 0.0700. The van der Waals surface area contributed by atoms with Crippen LogP contribution in [0.15, 0.2) is 23.6 Å². The minimum atomic E-state index is -0.0700. The van der Waals surface area contributed by atoms with Crippen LogP contribution >= 0.6 is 35.0 Å². The Kier molecular flexibility index (Phi) is 2.93. The van der Waals surface area contributed by atoms with Gasteiger partial charge in [0.1, 0.15) is 5.50 Å². The standard InChI is InChI=1S/C9H8Cl2N2S/c10-6-2-1-5(3-7(6)11)8-4-14-9(12)13-8/h1-4,9,13H,12H2. The highest BCUT2D eigenvalue weighted by Gasteiger charge is 2.13. The molecule has 1 aliphatic rings. The number of benzene rings is 1. The zero-order valence-corrected chi connectivity index (χ0v) is 9.46. The summed E-state index contributed by atoms with van der Waals surface area (Å²) in [5.41, 5.74) is 7.59. The molecule has 1 heterocycles. The molecule has 0 fully saturated rings. The van der Waals surface area contributed by atoms with Crippen molar-refractivity contribution in [1.29, 1.82) is 0 Å². The topological polar surface area (TPSA) is 38.0 Å². The van der Waals surface area contributed by atoms with Crippen LogP contribution in [-0.4, -0.2) is 5.50 Å². The molecule has 0 saturated heterocycles. The maximum Gasteiger partial charge on any atom is 0.127 e. The Balaban J connectivity index is 2.30. The van der Waals surface area contributed by atoms with E-state index in [0.717, 1.165) is 11.3 Å². The van der Waals surface area contributed by atoms with Gasteiger partial charge in [0.2, 0.25) is 0 Å². The molecule has 0 radical (unpaired) electrons. The maximum atomic E-state index is 5.90. The third-order valence-corrected chi connectivity index (χ3v) is 3.38. The van der Waals surface area contributed by atoms with Crippen LogP contribution in [0.1, 0.15) is 5.56 Å². The molecule has 14 heavy (non-hydrogen) atoms. The molecule has 3 N–H and O–H groups in total. The van der Waals surface area contributed by atoms with Crippen LogP contribution < -0.4 is 11.1 Å². The van der Waals surface area contributed by atoms with Gasteiger partial charge in [-0.2, -0.15) is 0 Å². The van der Waals surface area contributed by atoms with Gasteiger partial charge in [-0.1, -0.05) is 41.0 Å². The van der Waals surface area contributed by atoms with E-state index >= 15 is 0 Å². The average Bonchev–Trinajstić information content (AvgIpc) is 2.57. The number of hydrogen-bond acceptors (Lipinski definition) is 3. The van der Waals surface area contributed by atoms with Crippen LogP contribution in [0, 0.1) is 0 Å². The summed E-state index contributed by atoms with van der Waals surface area (Å²) in [6.45, 7) is 0. The highest BCUT2D eigenvalue weighted by atomic mass is 35.5. The molecule has 0 aromatic heterocycles. The summed E-state index contributed by atoms with van der Waals surface area (Å²) in [5.74, 6) is 0. The van der Waals surface area contributed by atoms with Gasteiger partial charge in [0.15, 0.2) is 0 Å². The van der Waals surface area contributed by atoms with Gasteiger partial charge < -0.3 is 11.1 Å². The number of nitrogens with two attached hydrogens (primary N) is 1. The van der Waals surface area contributed by atoms with E-state index < -0.39 is 0 Å². The maximum absolute atomic E-state index is 5.90. The van der Waals surface area contributed by atoms with Gasteiger partial charge in [0.25, 0.3) is 0 Å². The molecule has 1 aromatic rings. The summed E-state index contributed by atoms with van der Waals surface area (Å²) in [6.07, 6.45) is 0. The van der Waals surface area contributed by atoms with Crippen LogP contribution in [0.3, 0.4) is 0 Å². The van der Waals surface area contributed by atoms with E-state index in [1.54, 1.807) is 6.07 Å². The van der Waals surface area contributed by atoms with Crippen molar-refractivity contribution in [3.05, 3.63) is 39.2 Å². The van der Waals surface area contributed by atoms with Crippen molar-refractivity contribution >= 4 is 40.7 Å². The van der Waals surface area contributed by atoms with Crippen LogP contribution in [0.5, 0.6) is 0 Å². The molecule has 1 aliphatic heterocycles. The Labute approximate surface area is 96.5 Å². The van der Waals surface area contributed by atoms with E-state index in [4.69, 9.17) is 28.9 Å². The van der Waals surface area contributed by atoms with Gasteiger partial charge in [0.05, 0.1) is 10.0 Å². The first-order valence-electron chi connectivity index (χ1n) is 4.00. The molecular weight excluding hydrogens is 239 g/mol. The quantitative estimate of drug-likeness (QED) is 0.801. The molecule has 2 rings (SSSR count). The summed E-state index contributed by atoms with van der Waals surface area (Å²) in [7, 11) is 0. The average molecular weight is 247 g/mol. The Morgan fingerprint density at radius 1 is 1.29 bits per heavy atom. The number of nitrogens with one attached hydrogen (secondary N) is 1. The van der Waals surface area contributed by atoms with Crippen molar-refractivity contribution in [2.45, 2.75) is 5.50 Å². The Morgan fingerprint density at radius 3 is 2.64 bits per heavy atom. The van der Waals surface area contributed by atoms with Crippen LogP contribution in [0.4, 0.5) is 0 Å². The number of thioether (sulfide) groups is 1. The SMILES string of the molecule is NC1NC(c2ccc(Cl)c(Cl)c2)=CS1. The van der Waals surface area contributed by atoms with Crippen LogP contribution in [0.25, 0.3) is 5.70 Å². The van der Waals surface area contributed by atoms with Gasteiger partial charge in [-0.25, -0.2) is 0 Å². The first-order chi connectivity index (χ1) is 6.66. The molecule has 1 aromatic carbocycles. The third kappa shape index (κ3) is 2.01. The van der Waals surface area contributed by atoms with Crippen molar-refractivity contribution < 1.29 is 0 Å².